The Bertz CT molecular complexity index is 582. The molecule has 0 heterocycles. The monoisotopic (exact) mass is 376 g/mol. The highest BCUT2D eigenvalue weighted by Gasteiger charge is 2.17. The fourth-order valence-corrected chi connectivity index (χ4v) is 2.72. The van der Waals surface area contributed by atoms with Crippen LogP contribution >= 0.6 is 0 Å². The highest BCUT2D eigenvalue weighted by molar-refractivity contribution is 5.79. The number of carbonyl (C=O) groups excluding carboxylic acids is 1. The SMILES string of the molecule is CCCCCC(C)(C)CNC(=NC)NCCc1ccc(OCC(N)=O)cc1. The molecule has 0 radical (unpaired) electrons. The Morgan fingerprint density at radius 2 is 1.89 bits per heavy atom. The van der Waals surface area contributed by atoms with Gasteiger partial charge in [-0.3, -0.25) is 9.79 Å². The molecule has 1 amide bonds. The number of rotatable bonds is 12. The summed E-state index contributed by atoms with van der Waals surface area (Å²) in [7, 11) is 1.80. The lowest BCUT2D eigenvalue weighted by molar-refractivity contribution is -0.119. The molecule has 0 fully saturated rings. The number of amides is 1. The number of hydrogen-bond acceptors (Lipinski definition) is 3. The highest BCUT2D eigenvalue weighted by Crippen LogP contribution is 2.22. The molecule has 6 nitrogen and oxygen atoms in total. The van der Waals surface area contributed by atoms with Gasteiger partial charge in [-0.1, -0.05) is 52.2 Å². The second-order valence-corrected chi connectivity index (χ2v) is 7.62. The number of unbranched alkanes of at least 4 members (excludes halogenated alkanes) is 2. The molecular formula is C21H36N4O2. The maximum absolute atomic E-state index is 10.7. The predicted molar refractivity (Wildman–Crippen MR) is 112 cm³/mol. The van der Waals surface area contributed by atoms with Crippen molar-refractivity contribution < 1.29 is 9.53 Å². The van der Waals surface area contributed by atoms with Crippen LogP contribution in [0.1, 0.15) is 52.0 Å². The molecule has 152 valence electrons. The van der Waals surface area contributed by atoms with E-state index in [0.717, 1.165) is 25.5 Å². The van der Waals surface area contributed by atoms with E-state index in [1.165, 1.54) is 31.2 Å². The summed E-state index contributed by atoms with van der Waals surface area (Å²) in [4.78, 5) is 15.0. The lowest BCUT2D eigenvalue weighted by Gasteiger charge is -2.26. The van der Waals surface area contributed by atoms with Crippen LogP contribution < -0.4 is 21.1 Å². The van der Waals surface area contributed by atoms with Crippen LogP contribution in [0.15, 0.2) is 29.3 Å². The van der Waals surface area contributed by atoms with Crippen molar-refractivity contribution in [1.82, 2.24) is 10.6 Å². The fraction of sp³-hybridized carbons (Fsp3) is 0.619. The summed E-state index contributed by atoms with van der Waals surface area (Å²) in [6.07, 6.45) is 5.91. The number of carbonyl (C=O) groups is 1. The van der Waals surface area contributed by atoms with Crippen LogP contribution in [0.4, 0.5) is 0 Å². The first-order valence-electron chi connectivity index (χ1n) is 9.81. The second-order valence-electron chi connectivity index (χ2n) is 7.62. The second kappa shape index (κ2) is 12.2. The van der Waals surface area contributed by atoms with Gasteiger partial charge in [0.15, 0.2) is 12.6 Å². The quantitative estimate of drug-likeness (QED) is 0.297. The number of aliphatic imine (C=N–C) groups is 1. The van der Waals surface area contributed by atoms with Gasteiger partial charge in [0.2, 0.25) is 0 Å². The van der Waals surface area contributed by atoms with Gasteiger partial charge in [0, 0.05) is 20.1 Å². The number of hydrogen-bond donors (Lipinski definition) is 3. The molecule has 0 saturated heterocycles. The van der Waals surface area contributed by atoms with Crippen LogP contribution in [0.25, 0.3) is 0 Å². The Hall–Kier alpha value is -2.24. The zero-order valence-electron chi connectivity index (χ0n) is 17.3. The molecule has 0 atom stereocenters. The number of nitrogens with two attached hydrogens (primary N) is 1. The van der Waals surface area contributed by atoms with E-state index in [1.807, 2.05) is 24.3 Å². The molecule has 0 unspecified atom stereocenters. The van der Waals surface area contributed by atoms with Crippen molar-refractivity contribution in [1.29, 1.82) is 0 Å². The number of primary amides is 1. The van der Waals surface area contributed by atoms with Gasteiger partial charge in [0.25, 0.3) is 5.91 Å². The van der Waals surface area contributed by atoms with Crippen molar-refractivity contribution in [3.05, 3.63) is 29.8 Å². The molecule has 1 aromatic rings. The summed E-state index contributed by atoms with van der Waals surface area (Å²) < 4.78 is 5.26. The van der Waals surface area contributed by atoms with Crippen molar-refractivity contribution in [2.75, 3.05) is 26.7 Å². The van der Waals surface area contributed by atoms with E-state index in [4.69, 9.17) is 10.5 Å². The third-order valence-electron chi connectivity index (χ3n) is 4.43. The van der Waals surface area contributed by atoms with Crippen molar-refractivity contribution in [2.45, 2.75) is 52.9 Å². The first-order valence-corrected chi connectivity index (χ1v) is 9.81. The van der Waals surface area contributed by atoms with E-state index in [9.17, 15) is 4.79 Å². The maximum atomic E-state index is 10.7. The Labute approximate surface area is 164 Å². The Morgan fingerprint density at radius 1 is 1.19 bits per heavy atom. The van der Waals surface area contributed by atoms with Gasteiger partial charge < -0.3 is 21.1 Å². The molecule has 0 bridgehead atoms. The minimum absolute atomic E-state index is 0.0995. The van der Waals surface area contributed by atoms with Gasteiger partial charge >= 0.3 is 0 Å². The number of ether oxygens (including phenoxy) is 1. The summed E-state index contributed by atoms with van der Waals surface area (Å²) in [5.41, 5.74) is 6.51. The van der Waals surface area contributed by atoms with Crippen LogP contribution in [-0.4, -0.2) is 38.6 Å². The molecule has 4 N–H and O–H groups in total. The Balaban J connectivity index is 2.33. The zero-order chi connectivity index (χ0) is 20.1. The lowest BCUT2D eigenvalue weighted by Crippen LogP contribution is -2.42. The van der Waals surface area contributed by atoms with E-state index in [0.29, 0.717) is 5.75 Å². The molecule has 0 aliphatic heterocycles. The molecular weight excluding hydrogens is 340 g/mol. The largest absolute Gasteiger partial charge is 0.484 e. The standard InChI is InChI=1S/C21H36N4O2/c1-5-6-7-13-21(2,3)16-25-20(23-4)24-14-12-17-8-10-18(11-9-17)27-15-19(22)26/h8-11H,5-7,12-16H2,1-4H3,(H2,22,26)(H2,23,24,25). The smallest absolute Gasteiger partial charge is 0.255 e. The maximum Gasteiger partial charge on any atom is 0.255 e. The molecule has 0 aromatic heterocycles. The average Bonchev–Trinajstić information content (AvgIpc) is 2.64. The molecule has 0 spiro atoms. The molecule has 1 rings (SSSR count). The molecule has 6 heteroatoms. The van der Waals surface area contributed by atoms with Gasteiger partial charge in [-0.2, -0.15) is 0 Å². The number of nitrogens with one attached hydrogen (secondary N) is 2. The summed E-state index contributed by atoms with van der Waals surface area (Å²) in [5.74, 6) is 1.00. The topological polar surface area (TPSA) is 88.7 Å². The summed E-state index contributed by atoms with van der Waals surface area (Å²) in [6, 6.07) is 7.68. The third-order valence-corrected chi connectivity index (χ3v) is 4.43. The van der Waals surface area contributed by atoms with E-state index in [-0.39, 0.29) is 12.0 Å². The van der Waals surface area contributed by atoms with Gasteiger partial charge in [0.05, 0.1) is 0 Å². The van der Waals surface area contributed by atoms with Crippen LogP contribution in [0.5, 0.6) is 5.75 Å². The summed E-state index contributed by atoms with van der Waals surface area (Å²) in [6.45, 7) is 8.42. The average molecular weight is 377 g/mol. The molecule has 0 saturated carbocycles. The predicted octanol–water partition coefficient (Wildman–Crippen LogP) is 2.86. The molecule has 27 heavy (non-hydrogen) atoms. The number of benzene rings is 1. The van der Waals surface area contributed by atoms with Crippen molar-refractivity contribution >= 4 is 11.9 Å². The van der Waals surface area contributed by atoms with Crippen molar-refractivity contribution in [3.8, 4) is 5.75 Å². The molecule has 1 aromatic carbocycles. The van der Waals surface area contributed by atoms with Crippen LogP contribution in [0, 0.1) is 5.41 Å². The fourth-order valence-electron chi connectivity index (χ4n) is 2.72. The first kappa shape index (κ1) is 22.8. The van der Waals surface area contributed by atoms with E-state index in [2.05, 4.69) is 36.4 Å². The van der Waals surface area contributed by atoms with Crippen molar-refractivity contribution in [3.63, 3.8) is 0 Å². The third kappa shape index (κ3) is 10.5. The van der Waals surface area contributed by atoms with E-state index >= 15 is 0 Å². The van der Waals surface area contributed by atoms with E-state index < -0.39 is 5.91 Å². The van der Waals surface area contributed by atoms with Crippen LogP contribution in [0.2, 0.25) is 0 Å². The van der Waals surface area contributed by atoms with E-state index in [1.54, 1.807) is 7.05 Å². The van der Waals surface area contributed by atoms with Crippen molar-refractivity contribution in [2.24, 2.45) is 16.1 Å². The summed E-state index contributed by atoms with van der Waals surface area (Å²) in [5, 5.41) is 6.79. The van der Waals surface area contributed by atoms with Crippen LogP contribution in [0.3, 0.4) is 0 Å². The minimum Gasteiger partial charge on any atom is -0.484 e. The highest BCUT2D eigenvalue weighted by atomic mass is 16.5. The Kier molecular flexibility index (Phi) is 10.3. The van der Waals surface area contributed by atoms with Crippen LogP contribution in [-0.2, 0) is 11.2 Å². The first-order chi connectivity index (χ1) is 12.9. The minimum atomic E-state index is -0.476. The Morgan fingerprint density at radius 3 is 2.48 bits per heavy atom. The van der Waals surface area contributed by atoms with Gasteiger partial charge in [-0.15, -0.1) is 0 Å². The van der Waals surface area contributed by atoms with Gasteiger partial charge in [-0.05, 0) is 36.0 Å². The molecule has 0 aliphatic rings. The lowest BCUT2D eigenvalue weighted by atomic mass is 9.87. The zero-order valence-corrected chi connectivity index (χ0v) is 17.3. The number of guanidine groups is 1. The molecule has 0 aliphatic carbocycles. The normalized spacial score (nSPS) is 11.9. The van der Waals surface area contributed by atoms with Gasteiger partial charge in [-0.25, -0.2) is 0 Å². The summed E-state index contributed by atoms with van der Waals surface area (Å²) >= 11 is 0. The van der Waals surface area contributed by atoms with Gasteiger partial charge in [0.1, 0.15) is 5.75 Å². The number of nitrogens with zero attached hydrogens (tertiary/aromatic N) is 1.